The van der Waals surface area contributed by atoms with Gasteiger partial charge in [-0.1, -0.05) is 0 Å². The van der Waals surface area contributed by atoms with Gasteiger partial charge in [0.2, 0.25) is 0 Å². The van der Waals surface area contributed by atoms with Crippen LogP contribution in [0.4, 0.5) is 37.8 Å². The highest BCUT2D eigenvalue weighted by Crippen LogP contribution is 2.30. The number of hydrogen-bond acceptors (Lipinski definition) is 9. The van der Waals surface area contributed by atoms with Gasteiger partial charge in [-0.05, 0) is 73.7 Å². The first kappa shape index (κ1) is 29.0. The van der Waals surface area contributed by atoms with Gasteiger partial charge in [0, 0.05) is 42.9 Å². The predicted octanol–water partition coefficient (Wildman–Crippen LogP) is 6.68. The molecular weight excluding hydrogens is 559 g/mol. The minimum absolute atomic E-state index is 0.139. The number of halogens is 1. The van der Waals surface area contributed by atoms with Gasteiger partial charge in [-0.25, -0.2) is 19.1 Å². The second-order valence-electron chi connectivity index (χ2n) is 9.99. The molecule has 1 amide bonds. The number of nitro groups is 2. The van der Waals surface area contributed by atoms with E-state index in [0.717, 1.165) is 37.3 Å². The zero-order valence-electron chi connectivity index (χ0n) is 22.9. The Morgan fingerprint density at radius 2 is 1.44 bits per heavy atom. The molecule has 1 aliphatic heterocycles. The molecule has 1 aromatic heterocycles. The molecule has 3 aromatic carbocycles. The Hall–Kier alpha value is -5.46. The molecule has 0 radical (unpaired) electrons. The van der Waals surface area contributed by atoms with Crippen molar-refractivity contribution < 1.29 is 23.8 Å². The average Bonchev–Trinajstić information content (AvgIpc) is 3.02. The first-order valence-electron chi connectivity index (χ1n) is 13.6. The third-order valence-electron chi connectivity index (χ3n) is 7.27. The van der Waals surface area contributed by atoms with E-state index in [-0.39, 0.29) is 23.8 Å². The molecule has 0 N–H and O–H groups in total. The van der Waals surface area contributed by atoms with Crippen molar-refractivity contribution in [3.63, 3.8) is 0 Å². The summed E-state index contributed by atoms with van der Waals surface area (Å²) in [4.78, 5) is 46.7. The van der Waals surface area contributed by atoms with Crippen LogP contribution in [0.25, 0.3) is 11.3 Å². The molecule has 0 saturated carbocycles. The molecule has 5 rings (SSSR count). The Balaban J connectivity index is 1.18. The Morgan fingerprint density at radius 1 is 0.884 bits per heavy atom. The highest BCUT2D eigenvalue weighted by molar-refractivity contribution is 5.96. The third kappa shape index (κ3) is 7.07. The lowest BCUT2D eigenvalue weighted by Crippen LogP contribution is -2.35. The van der Waals surface area contributed by atoms with Gasteiger partial charge in [-0.2, -0.15) is 0 Å². The number of hydrogen-bond donors (Lipinski definition) is 0. The molecule has 13 heteroatoms. The molecule has 12 nitrogen and oxygen atoms in total. The molecule has 0 unspecified atom stereocenters. The van der Waals surface area contributed by atoms with E-state index in [0.29, 0.717) is 29.4 Å². The molecule has 1 fully saturated rings. The van der Waals surface area contributed by atoms with Crippen LogP contribution in [0.5, 0.6) is 0 Å². The molecule has 1 saturated heterocycles. The van der Waals surface area contributed by atoms with E-state index in [9.17, 15) is 29.4 Å². The van der Waals surface area contributed by atoms with Crippen LogP contribution >= 0.6 is 0 Å². The molecule has 2 heterocycles. The number of aromatic nitrogens is 2. The molecule has 0 spiro atoms. The normalized spacial score (nSPS) is 13.4. The van der Waals surface area contributed by atoms with Crippen molar-refractivity contribution in [2.24, 2.45) is 5.92 Å². The number of amides is 1. The van der Waals surface area contributed by atoms with E-state index in [2.05, 4.69) is 9.88 Å². The fourth-order valence-corrected chi connectivity index (χ4v) is 4.90. The molecule has 0 atom stereocenters. The smallest absolute Gasteiger partial charge is 0.418 e. The summed E-state index contributed by atoms with van der Waals surface area (Å²) in [6.07, 6.45) is 5.00. The Bertz CT molecular complexity index is 1540. The lowest BCUT2D eigenvalue weighted by Gasteiger charge is -2.32. The number of nitrogens with zero attached hydrogens (tertiary/aromatic N) is 6. The topological polar surface area (TPSA) is 145 Å². The number of piperidine rings is 1. The van der Waals surface area contributed by atoms with E-state index in [1.807, 2.05) is 0 Å². The van der Waals surface area contributed by atoms with Crippen LogP contribution in [0.1, 0.15) is 19.3 Å². The number of rotatable bonds is 9. The standard InChI is InChI=1S/C30H27FN6O6/c31-23-3-1-22(2-4-23)28-19-32-20-29(33-28)34-16-13-21(14-17-34)15-18-43-30(38)35(24-5-9-26(10-6-24)36(39)40)25-7-11-27(12-8-25)37(41)42/h1-12,19-21H,13-18H2. The lowest BCUT2D eigenvalue weighted by atomic mass is 9.94. The number of anilines is 3. The van der Waals surface area contributed by atoms with Crippen LogP contribution in [0.3, 0.4) is 0 Å². The zero-order chi connectivity index (χ0) is 30.3. The predicted molar refractivity (Wildman–Crippen MR) is 157 cm³/mol. The summed E-state index contributed by atoms with van der Waals surface area (Å²) >= 11 is 0. The van der Waals surface area contributed by atoms with E-state index >= 15 is 0 Å². The number of ether oxygens (including phenoxy) is 1. The van der Waals surface area contributed by atoms with Crippen LogP contribution in [-0.2, 0) is 4.74 Å². The van der Waals surface area contributed by atoms with Gasteiger partial charge in [0.1, 0.15) is 11.6 Å². The monoisotopic (exact) mass is 586 g/mol. The van der Waals surface area contributed by atoms with Gasteiger partial charge in [-0.3, -0.25) is 25.2 Å². The largest absolute Gasteiger partial charge is 0.449 e. The van der Waals surface area contributed by atoms with Gasteiger partial charge in [0.15, 0.2) is 0 Å². The molecule has 220 valence electrons. The number of non-ortho nitro benzene ring substituents is 2. The van der Waals surface area contributed by atoms with Crippen LogP contribution in [0.2, 0.25) is 0 Å². The van der Waals surface area contributed by atoms with Crippen molar-refractivity contribution in [1.82, 2.24) is 9.97 Å². The Morgan fingerprint density at radius 3 is 1.98 bits per heavy atom. The second-order valence-corrected chi connectivity index (χ2v) is 9.99. The maximum atomic E-state index is 13.3. The van der Waals surface area contributed by atoms with Crippen LogP contribution in [-0.4, -0.2) is 45.6 Å². The highest BCUT2D eigenvalue weighted by atomic mass is 19.1. The van der Waals surface area contributed by atoms with E-state index < -0.39 is 15.9 Å². The maximum absolute atomic E-state index is 13.3. The maximum Gasteiger partial charge on any atom is 0.418 e. The Labute approximate surface area is 245 Å². The fraction of sp³-hybridized carbons (Fsp3) is 0.233. The zero-order valence-corrected chi connectivity index (χ0v) is 22.9. The summed E-state index contributed by atoms with van der Waals surface area (Å²) in [7, 11) is 0. The van der Waals surface area contributed by atoms with Crippen molar-refractivity contribution in [1.29, 1.82) is 0 Å². The number of carbonyl (C=O) groups excluding carboxylic acids is 1. The molecule has 0 bridgehead atoms. The second kappa shape index (κ2) is 13.0. The average molecular weight is 587 g/mol. The SMILES string of the molecule is O=C(OCCC1CCN(c2cncc(-c3ccc(F)cc3)n2)CC1)N(c1ccc([N+](=O)[O-])cc1)c1ccc([N+](=O)[O-])cc1. The highest BCUT2D eigenvalue weighted by Gasteiger charge is 2.24. The summed E-state index contributed by atoms with van der Waals surface area (Å²) in [5.74, 6) is 0.740. The van der Waals surface area contributed by atoms with Crippen LogP contribution in [0.15, 0.2) is 85.2 Å². The summed E-state index contributed by atoms with van der Waals surface area (Å²) in [5, 5.41) is 22.2. The third-order valence-corrected chi connectivity index (χ3v) is 7.27. The van der Waals surface area contributed by atoms with Crippen molar-refractivity contribution >= 4 is 34.7 Å². The van der Waals surface area contributed by atoms with E-state index in [1.54, 1.807) is 24.5 Å². The van der Waals surface area contributed by atoms with Crippen molar-refractivity contribution in [3.8, 4) is 11.3 Å². The van der Waals surface area contributed by atoms with Gasteiger partial charge in [-0.15, -0.1) is 0 Å². The minimum atomic E-state index is -0.701. The molecule has 0 aliphatic carbocycles. The molecular formula is C30H27FN6O6. The van der Waals surface area contributed by atoms with Crippen LogP contribution < -0.4 is 9.80 Å². The molecule has 4 aromatic rings. The summed E-state index contributed by atoms with van der Waals surface area (Å²) in [6, 6.07) is 16.9. The minimum Gasteiger partial charge on any atom is -0.449 e. The van der Waals surface area contributed by atoms with Crippen molar-refractivity contribution in [2.45, 2.75) is 19.3 Å². The first-order valence-corrected chi connectivity index (χ1v) is 13.6. The number of benzene rings is 3. The van der Waals surface area contributed by atoms with Gasteiger partial charge in [0.25, 0.3) is 11.4 Å². The van der Waals surface area contributed by atoms with E-state index in [4.69, 9.17) is 9.72 Å². The first-order chi connectivity index (χ1) is 20.8. The lowest BCUT2D eigenvalue weighted by molar-refractivity contribution is -0.385. The quantitative estimate of drug-likeness (QED) is 0.155. The van der Waals surface area contributed by atoms with Crippen LogP contribution in [0, 0.1) is 32.0 Å². The van der Waals surface area contributed by atoms with Crippen molar-refractivity contribution in [2.75, 3.05) is 29.5 Å². The van der Waals surface area contributed by atoms with Gasteiger partial charge in [0.05, 0.1) is 45.9 Å². The Kier molecular flexibility index (Phi) is 8.79. The van der Waals surface area contributed by atoms with E-state index in [1.165, 1.54) is 65.6 Å². The summed E-state index contributed by atoms with van der Waals surface area (Å²) < 4.78 is 18.9. The molecule has 1 aliphatic rings. The number of nitro benzene ring substituents is 2. The van der Waals surface area contributed by atoms with Gasteiger partial charge >= 0.3 is 6.09 Å². The summed E-state index contributed by atoms with van der Waals surface area (Å²) in [6.45, 7) is 1.65. The molecule has 43 heavy (non-hydrogen) atoms. The number of carbonyl (C=O) groups is 1. The summed E-state index contributed by atoms with van der Waals surface area (Å²) in [5.41, 5.74) is 1.81. The van der Waals surface area contributed by atoms with Crippen molar-refractivity contribution in [3.05, 3.63) is 111 Å². The fourth-order valence-electron chi connectivity index (χ4n) is 4.90. The van der Waals surface area contributed by atoms with Gasteiger partial charge < -0.3 is 9.64 Å².